The predicted molar refractivity (Wildman–Crippen MR) is 70.5 cm³/mol. The average molecular weight is 272 g/mol. The number of hydrogen-bond donors (Lipinski definition) is 0. The number of ether oxygens (including phenoxy) is 2. The Labute approximate surface area is 112 Å². The fourth-order valence-corrected chi connectivity index (χ4v) is 2.11. The third kappa shape index (κ3) is 3.23. The van der Waals surface area contributed by atoms with Crippen LogP contribution >= 0.6 is 11.6 Å². The maximum absolute atomic E-state index is 5.95. The van der Waals surface area contributed by atoms with E-state index in [2.05, 4.69) is 21.8 Å². The number of hydrogen-bond acceptors (Lipinski definition) is 5. The van der Waals surface area contributed by atoms with Gasteiger partial charge in [-0.2, -0.15) is 0 Å². The van der Waals surface area contributed by atoms with Crippen LogP contribution in [0.4, 0.5) is 5.82 Å². The second-order valence-electron chi connectivity index (χ2n) is 4.14. The standard InChI is InChI=1S/C12H18ClN3O2/c1-2-4-18-12-6-11(14-9-15-12)16-3-5-17-8-10(16)7-13/h6,9-10H,2-5,7-8H2,1H3. The van der Waals surface area contributed by atoms with Gasteiger partial charge in [0.2, 0.25) is 5.88 Å². The van der Waals surface area contributed by atoms with Gasteiger partial charge in [-0.05, 0) is 6.42 Å². The Kier molecular flexibility index (Phi) is 5.01. The summed E-state index contributed by atoms with van der Waals surface area (Å²) < 4.78 is 10.9. The molecular formula is C12H18ClN3O2. The first-order valence-corrected chi connectivity index (χ1v) is 6.73. The summed E-state index contributed by atoms with van der Waals surface area (Å²) in [4.78, 5) is 10.5. The number of nitrogens with zero attached hydrogens (tertiary/aromatic N) is 3. The van der Waals surface area contributed by atoms with Crippen LogP contribution in [0.2, 0.25) is 0 Å². The van der Waals surface area contributed by atoms with Crippen LogP contribution in [0.25, 0.3) is 0 Å². The molecule has 100 valence electrons. The molecule has 1 aliphatic heterocycles. The molecule has 1 fully saturated rings. The fraction of sp³-hybridized carbons (Fsp3) is 0.667. The van der Waals surface area contributed by atoms with Crippen LogP contribution in [0.3, 0.4) is 0 Å². The topological polar surface area (TPSA) is 47.5 Å². The van der Waals surface area contributed by atoms with E-state index in [0.717, 1.165) is 18.8 Å². The van der Waals surface area contributed by atoms with Crippen molar-refractivity contribution in [1.29, 1.82) is 0 Å². The highest BCUT2D eigenvalue weighted by Crippen LogP contribution is 2.20. The molecule has 1 aliphatic rings. The minimum Gasteiger partial charge on any atom is -0.478 e. The Bertz CT molecular complexity index is 378. The molecule has 6 heteroatoms. The van der Waals surface area contributed by atoms with E-state index < -0.39 is 0 Å². The molecule has 1 aromatic heterocycles. The lowest BCUT2D eigenvalue weighted by Crippen LogP contribution is -2.47. The smallest absolute Gasteiger partial charge is 0.218 e. The van der Waals surface area contributed by atoms with Gasteiger partial charge in [0.15, 0.2) is 0 Å². The Hall–Kier alpha value is -1.07. The summed E-state index contributed by atoms with van der Waals surface area (Å²) in [5.74, 6) is 1.99. The summed E-state index contributed by atoms with van der Waals surface area (Å²) in [6, 6.07) is 2.02. The van der Waals surface area contributed by atoms with Crippen molar-refractivity contribution in [2.24, 2.45) is 0 Å². The summed E-state index contributed by atoms with van der Waals surface area (Å²) in [6.45, 7) is 4.86. The first-order valence-electron chi connectivity index (χ1n) is 6.20. The highest BCUT2D eigenvalue weighted by molar-refractivity contribution is 6.18. The average Bonchev–Trinajstić information content (AvgIpc) is 2.45. The number of morpholine rings is 1. The molecule has 0 saturated carbocycles. The summed E-state index contributed by atoms with van der Waals surface area (Å²) in [6.07, 6.45) is 2.49. The van der Waals surface area contributed by atoms with E-state index in [1.54, 1.807) is 0 Å². The number of anilines is 1. The zero-order valence-corrected chi connectivity index (χ0v) is 11.3. The molecule has 1 atom stereocenters. The molecule has 5 nitrogen and oxygen atoms in total. The molecule has 1 aromatic rings. The number of alkyl halides is 1. The SMILES string of the molecule is CCCOc1cc(N2CCOCC2CCl)ncn1. The molecule has 2 rings (SSSR count). The molecule has 1 saturated heterocycles. The van der Waals surface area contributed by atoms with Crippen molar-refractivity contribution >= 4 is 17.4 Å². The minimum atomic E-state index is 0.161. The quantitative estimate of drug-likeness (QED) is 0.763. The highest BCUT2D eigenvalue weighted by Gasteiger charge is 2.23. The van der Waals surface area contributed by atoms with Crippen LogP contribution in [0, 0.1) is 0 Å². The van der Waals surface area contributed by atoms with Crippen LogP contribution in [-0.4, -0.2) is 48.3 Å². The summed E-state index contributed by atoms with van der Waals surface area (Å²) in [5, 5.41) is 0. The molecule has 0 spiro atoms. The monoisotopic (exact) mass is 271 g/mol. The van der Waals surface area contributed by atoms with Gasteiger partial charge in [0, 0.05) is 18.5 Å². The molecule has 0 aliphatic carbocycles. The van der Waals surface area contributed by atoms with E-state index in [1.165, 1.54) is 6.33 Å². The molecule has 0 bridgehead atoms. The van der Waals surface area contributed by atoms with Gasteiger partial charge in [0.05, 0.1) is 25.9 Å². The van der Waals surface area contributed by atoms with Crippen molar-refractivity contribution in [3.63, 3.8) is 0 Å². The van der Waals surface area contributed by atoms with Gasteiger partial charge in [0.1, 0.15) is 12.1 Å². The van der Waals surface area contributed by atoms with Gasteiger partial charge in [0.25, 0.3) is 0 Å². The van der Waals surface area contributed by atoms with Crippen LogP contribution in [0.5, 0.6) is 5.88 Å². The van der Waals surface area contributed by atoms with Gasteiger partial charge in [-0.25, -0.2) is 9.97 Å². The maximum Gasteiger partial charge on any atom is 0.218 e. The van der Waals surface area contributed by atoms with E-state index >= 15 is 0 Å². The molecular weight excluding hydrogens is 254 g/mol. The lowest BCUT2D eigenvalue weighted by atomic mass is 10.2. The Morgan fingerprint density at radius 2 is 2.44 bits per heavy atom. The minimum absolute atomic E-state index is 0.161. The van der Waals surface area contributed by atoms with Crippen molar-refractivity contribution in [2.75, 3.05) is 37.1 Å². The van der Waals surface area contributed by atoms with E-state index in [1.807, 2.05) is 6.07 Å². The van der Waals surface area contributed by atoms with Gasteiger partial charge >= 0.3 is 0 Å². The van der Waals surface area contributed by atoms with Crippen LogP contribution in [0.1, 0.15) is 13.3 Å². The molecule has 2 heterocycles. The molecule has 0 aromatic carbocycles. The Morgan fingerprint density at radius 1 is 1.56 bits per heavy atom. The zero-order valence-electron chi connectivity index (χ0n) is 10.5. The Morgan fingerprint density at radius 3 is 3.22 bits per heavy atom. The number of rotatable bonds is 5. The lowest BCUT2D eigenvalue weighted by molar-refractivity contribution is 0.0993. The predicted octanol–water partition coefficient (Wildman–Crippen LogP) is 1.71. The van der Waals surface area contributed by atoms with Crippen molar-refractivity contribution in [3.05, 3.63) is 12.4 Å². The largest absolute Gasteiger partial charge is 0.478 e. The maximum atomic E-state index is 5.95. The van der Waals surface area contributed by atoms with Gasteiger partial charge < -0.3 is 14.4 Å². The van der Waals surface area contributed by atoms with Crippen LogP contribution < -0.4 is 9.64 Å². The van der Waals surface area contributed by atoms with Gasteiger partial charge in [-0.3, -0.25) is 0 Å². The molecule has 0 amide bonds. The van der Waals surface area contributed by atoms with Crippen molar-refractivity contribution < 1.29 is 9.47 Å². The van der Waals surface area contributed by atoms with Crippen LogP contribution in [-0.2, 0) is 4.74 Å². The van der Waals surface area contributed by atoms with Crippen molar-refractivity contribution in [2.45, 2.75) is 19.4 Å². The van der Waals surface area contributed by atoms with Crippen molar-refractivity contribution in [1.82, 2.24) is 9.97 Å². The highest BCUT2D eigenvalue weighted by atomic mass is 35.5. The van der Waals surface area contributed by atoms with Crippen LogP contribution in [0.15, 0.2) is 12.4 Å². The first-order chi connectivity index (χ1) is 8.85. The fourth-order valence-electron chi connectivity index (χ4n) is 1.86. The summed E-state index contributed by atoms with van der Waals surface area (Å²) in [7, 11) is 0. The van der Waals surface area contributed by atoms with E-state index in [9.17, 15) is 0 Å². The van der Waals surface area contributed by atoms with Crippen molar-refractivity contribution in [3.8, 4) is 5.88 Å². The van der Waals surface area contributed by atoms with E-state index in [4.69, 9.17) is 21.1 Å². The number of halogens is 1. The first kappa shape index (κ1) is 13.4. The normalized spacial score (nSPS) is 19.9. The van der Waals surface area contributed by atoms with Gasteiger partial charge in [-0.15, -0.1) is 11.6 Å². The lowest BCUT2D eigenvalue weighted by Gasteiger charge is -2.35. The molecule has 0 N–H and O–H groups in total. The zero-order chi connectivity index (χ0) is 12.8. The third-order valence-electron chi connectivity index (χ3n) is 2.78. The summed E-state index contributed by atoms with van der Waals surface area (Å²) >= 11 is 5.95. The third-order valence-corrected chi connectivity index (χ3v) is 3.14. The molecule has 1 unspecified atom stereocenters. The van der Waals surface area contributed by atoms with Gasteiger partial charge in [-0.1, -0.05) is 6.92 Å². The van der Waals surface area contributed by atoms with E-state index in [-0.39, 0.29) is 6.04 Å². The number of aromatic nitrogens is 2. The molecule has 18 heavy (non-hydrogen) atoms. The molecule has 0 radical (unpaired) electrons. The summed E-state index contributed by atoms with van der Waals surface area (Å²) in [5.41, 5.74) is 0. The van der Waals surface area contributed by atoms with E-state index in [0.29, 0.717) is 31.6 Å². The second-order valence-corrected chi connectivity index (χ2v) is 4.45. The second kappa shape index (κ2) is 6.75. The Balaban J connectivity index is 2.10.